The molecule has 4 heteroatoms. The van der Waals surface area contributed by atoms with Gasteiger partial charge < -0.3 is 10.7 Å². The second-order valence-electron chi connectivity index (χ2n) is 0.670. The molecule has 0 fully saturated rings. The number of hydroxylamine groups is 1. The van der Waals surface area contributed by atoms with Crippen molar-refractivity contribution in [2.24, 2.45) is 0 Å². The van der Waals surface area contributed by atoms with E-state index in [4.69, 9.17) is 0 Å². The first-order valence-corrected chi connectivity index (χ1v) is 1.36. The van der Waals surface area contributed by atoms with Gasteiger partial charge in [-0.2, -0.15) is 0 Å². The Morgan fingerprint density at radius 1 is 1.86 bits per heavy atom. The third-order valence-corrected chi connectivity index (χ3v) is 0.286. The molecule has 0 aromatic rings. The van der Waals surface area contributed by atoms with Crippen molar-refractivity contribution >= 4 is 5.91 Å². The number of carbonyl (C=O) groups is 1. The summed E-state index contributed by atoms with van der Waals surface area (Å²) in [5.41, 5.74) is 1.11. The van der Waals surface area contributed by atoms with E-state index in [0.717, 1.165) is 11.6 Å². The molecule has 0 rings (SSSR count). The van der Waals surface area contributed by atoms with Crippen molar-refractivity contribution in [1.29, 1.82) is 0 Å². The fourth-order valence-corrected chi connectivity index (χ4v) is 0.0417. The summed E-state index contributed by atoms with van der Waals surface area (Å²) in [5, 5.41) is 9.19. The van der Waals surface area contributed by atoms with Gasteiger partial charge in [-0.05, 0) is 6.08 Å². The van der Waals surface area contributed by atoms with Crippen molar-refractivity contribution in [1.82, 2.24) is 5.48 Å². The maximum absolute atomic E-state index is 9.64. The van der Waals surface area contributed by atoms with Crippen LogP contribution in [-0.4, -0.2) is 5.91 Å². The molecule has 0 saturated carbocycles. The molecular formula is C3H4KNO2. The molecule has 0 aliphatic rings. The number of nitrogens with one attached hydrogen (secondary N) is 1. The van der Waals surface area contributed by atoms with Gasteiger partial charge in [-0.25, -0.2) is 0 Å². The fraction of sp³-hybridized carbons (Fsp3) is 0. The molecule has 0 aromatic heterocycles. The molecule has 34 valence electrons. The summed E-state index contributed by atoms with van der Waals surface area (Å²) in [6.07, 6.45) is 0.910. The van der Waals surface area contributed by atoms with Crippen LogP contribution in [-0.2, 0) is 4.79 Å². The summed E-state index contributed by atoms with van der Waals surface area (Å²) in [5.74, 6) is -0.699. The van der Waals surface area contributed by atoms with E-state index in [1.54, 1.807) is 0 Å². The van der Waals surface area contributed by atoms with Crippen molar-refractivity contribution in [2.45, 2.75) is 0 Å². The van der Waals surface area contributed by atoms with Gasteiger partial charge in [0.15, 0.2) is 0 Å². The Hall–Kier alpha value is 0.806. The second-order valence-corrected chi connectivity index (χ2v) is 0.670. The predicted molar refractivity (Wildman–Crippen MR) is 21.7 cm³/mol. The van der Waals surface area contributed by atoms with E-state index in [-0.39, 0.29) is 51.4 Å². The molecule has 0 aliphatic heterocycles. The minimum Gasteiger partial charge on any atom is -0.759 e. The van der Waals surface area contributed by atoms with Gasteiger partial charge in [0.2, 0.25) is 5.91 Å². The number of rotatable bonds is 1. The van der Waals surface area contributed by atoms with Crippen LogP contribution in [0, 0.1) is 5.21 Å². The molecule has 0 heterocycles. The molecule has 0 spiro atoms. The monoisotopic (exact) mass is 125 g/mol. The van der Waals surface area contributed by atoms with Crippen LogP contribution in [0.5, 0.6) is 0 Å². The molecule has 7 heavy (non-hydrogen) atoms. The maximum atomic E-state index is 9.64. The van der Waals surface area contributed by atoms with E-state index in [1.165, 1.54) is 0 Å². The molecule has 0 radical (unpaired) electrons. The second kappa shape index (κ2) is 6.81. The van der Waals surface area contributed by atoms with Crippen LogP contribution in [0.25, 0.3) is 0 Å². The van der Waals surface area contributed by atoms with Gasteiger partial charge in [0, 0.05) is 0 Å². The quantitative estimate of drug-likeness (QED) is 0.228. The van der Waals surface area contributed by atoms with Crippen molar-refractivity contribution in [3.8, 4) is 0 Å². The minimum atomic E-state index is -0.699. The number of hydrogen-bond acceptors (Lipinski definition) is 2. The van der Waals surface area contributed by atoms with Crippen molar-refractivity contribution < 1.29 is 56.2 Å². The molecule has 1 amide bonds. The van der Waals surface area contributed by atoms with Crippen LogP contribution in [0.1, 0.15) is 0 Å². The molecule has 3 nitrogen and oxygen atoms in total. The Bertz CT molecular complexity index is 73.3. The van der Waals surface area contributed by atoms with Gasteiger partial charge in [0.05, 0.1) is 0 Å². The molecule has 0 saturated heterocycles. The molecule has 0 unspecified atom stereocenters. The molecule has 0 aromatic carbocycles. The number of hydrogen-bond donors (Lipinski definition) is 1. The van der Waals surface area contributed by atoms with E-state index < -0.39 is 5.91 Å². The van der Waals surface area contributed by atoms with Gasteiger partial charge in [0.1, 0.15) is 0 Å². The summed E-state index contributed by atoms with van der Waals surface area (Å²) in [4.78, 5) is 9.64. The van der Waals surface area contributed by atoms with Crippen LogP contribution in [0.15, 0.2) is 12.7 Å². The standard InChI is InChI=1S/C3H4NO2.K/c1-2-3(5)4-6;/h2H,1H2,(H-,4,5,6);/q-1;+1. The Balaban J connectivity index is 0. The minimum absolute atomic E-state index is 0. The normalized spacial score (nSPS) is 5.86. The molecular weight excluding hydrogens is 121 g/mol. The van der Waals surface area contributed by atoms with Crippen molar-refractivity contribution in [2.75, 3.05) is 0 Å². The summed E-state index contributed by atoms with van der Waals surface area (Å²) in [6, 6.07) is 0. The Morgan fingerprint density at radius 3 is 2.29 bits per heavy atom. The van der Waals surface area contributed by atoms with E-state index in [2.05, 4.69) is 6.58 Å². The zero-order valence-corrected chi connectivity index (χ0v) is 7.22. The molecule has 0 atom stereocenters. The molecule has 0 bridgehead atoms. The zero-order chi connectivity index (χ0) is 4.99. The van der Waals surface area contributed by atoms with Crippen LogP contribution in [0.3, 0.4) is 0 Å². The van der Waals surface area contributed by atoms with Crippen molar-refractivity contribution in [3.63, 3.8) is 0 Å². The van der Waals surface area contributed by atoms with Crippen LogP contribution >= 0.6 is 0 Å². The Labute approximate surface area is 84.2 Å². The van der Waals surface area contributed by atoms with E-state index >= 15 is 0 Å². The maximum Gasteiger partial charge on any atom is 1.00 e. The zero-order valence-electron chi connectivity index (χ0n) is 4.10. The number of amides is 1. The van der Waals surface area contributed by atoms with Gasteiger partial charge >= 0.3 is 51.4 Å². The van der Waals surface area contributed by atoms with Gasteiger partial charge in [-0.1, -0.05) is 6.58 Å². The van der Waals surface area contributed by atoms with Gasteiger partial charge in [-0.15, -0.1) is 0 Å². The van der Waals surface area contributed by atoms with E-state index in [9.17, 15) is 10.0 Å². The largest absolute Gasteiger partial charge is 1.00 e. The summed E-state index contributed by atoms with van der Waals surface area (Å²) >= 11 is 0. The van der Waals surface area contributed by atoms with Gasteiger partial charge in [0.25, 0.3) is 0 Å². The van der Waals surface area contributed by atoms with E-state index in [0.29, 0.717) is 0 Å². The average molecular weight is 125 g/mol. The van der Waals surface area contributed by atoms with Crippen LogP contribution < -0.4 is 56.9 Å². The Kier molecular flexibility index (Phi) is 10.4. The Morgan fingerprint density at radius 2 is 2.29 bits per heavy atom. The first-order chi connectivity index (χ1) is 2.81. The average Bonchev–Trinajstić information content (AvgIpc) is 1.65. The summed E-state index contributed by atoms with van der Waals surface area (Å²) in [6.45, 7) is 3.02. The topological polar surface area (TPSA) is 52.2 Å². The molecule has 1 N–H and O–H groups in total. The van der Waals surface area contributed by atoms with E-state index in [1.807, 2.05) is 0 Å². The van der Waals surface area contributed by atoms with Crippen molar-refractivity contribution in [3.05, 3.63) is 17.9 Å². The third-order valence-electron chi connectivity index (χ3n) is 0.286. The summed E-state index contributed by atoms with van der Waals surface area (Å²) in [7, 11) is 0. The fourth-order valence-electron chi connectivity index (χ4n) is 0.0417. The third kappa shape index (κ3) is 6.81. The summed E-state index contributed by atoms with van der Waals surface area (Å²) < 4.78 is 0. The van der Waals surface area contributed by atoms with Crippen LogP contribution in [0.4, 0.5) is 0 Å². The number of carbonyl (C=O) groups excluding carboxylic acids is 1. The van der Waals surface area contributed by atoms with Crippen LogP contribution in [0.2, 0.25) is 0 Å². The first kappa shape index (κ1) is 10.7. The smallest absolute Gasteiger partial charge is 0.759 e. The SMILES string of the molecule is C=CC(=O)N[O-].[K+]. The van der Waals surface area contributed by atoms with Gasteiger partial charge in [-0.3, -0.25) is 4.79 Å². The molecule has 0 aliphatic carbocycles. The predicted octanol–water partition coefficient (Wildman–Crippen LogP) is -3.21. The first-order valence-electron chi connectivity index (χ1n) is 1.36.